The highest BCUT2D eigenvalue weighted by atomic mass is 16.2. The van der Waals surface area contributed by atoms with E-state index in [1.807, 2.05) is 6.07 Å². The van der Waals surface area contributed by atoms with Gasteiger partial charge in [0, 0.05) is 11.8 Å². The maximum atomic E-state index is 11.8. The smallest absolute Gasteiger partial charge is 0.276 e. The quantitative estimate of drug-likeness (QED) is 0.673. The third kappa shape index (κ3) is 2.76. The minimum atomic E-state index is -0.530. The van der Waals surface area contributed by atoms with Gasteiger partial charge in [-0.2, -0.15) is 10.4 Å². The number of nitrogens with zero attached hydrogens (tertiary/aromatic N) is 2. The fourth-order valence-electron chi connectivity index (χ4n) is 1.42. The Morgan fingerprint density at radius 1 is 1.37 bits per heavy atom. The molecule has 2 aromatic rings. The predicted octanol–water partition coefficient (Wildman–Crippen LogP) is 0.476. The predicted molar refractivity (Wildman–Crippen MR) is 68.4 cm³/mol. The van der Waals surface area contributed by atoms with Crippen LogP contribution in [0.1, 0.15) is 16.1 Å². The summed E-state index contributed by atoms with van der Waals surface area (Å²) in [6.07, 6.45) is 0. The summed E-state index contributed by atoms with van der Waals surface area (Å²) >= 11 is 0. The van der Waals surface area contributed by atoms with Crippen LogP contribution in [0.15, 0.2) is 35.1 Å². The number of carbonyl (C=O) groups excluding carboxylic acids is 1. The maximum Gasteiger partial charge on any atom is 0.276 e. The fraction of sp³-hybridized carbons (Fsp3) is 0. The van der Waals surface area contributed by atoms with Gasteiger partial charge in [0.25, 0.3) is 11.5 Å². The Balaban J connectivity index is 2.27. The summed E-state index contributed by atoms with van der Waals surface area (Å²) in [5, 5.41) is 17.2. The summed E-state index contributed by atoms with van der Waals surface area (Å²) in [4.78, 5) is 22.7. The van der Waals surface area contributed by atoms with Gasteiger partial charge in [0.05, 0.1) is 11.3 Å². The van der Waals surface area contributed by atoms with Gasteiger partial charge in [-0.15, -0.1) is 0 Å². The zero-order valence-corrected chi connectivity index (χ0v) is 9.68. The topological polar surface area (TPSA) is 125 Å². The van der Waals surface area contributed by atoms with Crippen LogP contribution in [0.4, 0.5) is 11.4 Å². The Morgan fingerprint density at radius 2 is 2.16 bits per heavy atom. The molecule has 0 aliphatic heterocycles. The van der Waals surface area contributed by atoms with Crippen LogP contribution >= 0.6 is 0 Å². The number of nitrogens with one attached hydrogen (secondary N) is 2. The van der Waals surface area contributed by atoms with Crippen LogP contribution in [0.3, 0.4) is 0 Å². The van der Waals surface area contributed by atoms with Crippen LogP contribution < -0.4 is 16.6 Å². The van der Waals surface area contributed by atoms with E-state index in [1.54, 1.807) is 6.07 Å². The molecule has 0 fully saturated rings. The van der Waals surface area contributed by atoms with Crippen molar-refractivity contribution in [2.45, 2.75) is 0 Å². The van der Waals surface area contributed by atoms with Crippen LogP contribution in [0, 0.1) is 11.3 Å². The lowest BCUT2D eigenvalue weighted by Gasteiger charge is -2.06. The molecule has 0 saturated carbocycles. The lowest BCUT2D eigenvalue weighted by molar-refractivity contribution is 0.102. The number of nitrogens with two attached hydrogens (primary N) is 1. The Morgan fingerprint density at radius 3 is 2.79 bits per heavy atom. The number of amides is 1. The van der Waals surface area contributed by atoms with Crippen molar-refractivity contribution in [1.29, 1.82) is 5.26 Å². The molecule has 7 nitrogen and oxygen atoms in total. The van der Waals surface area contributed by atoms with Crippen molar-refractivity contribution in [2.75, 3.05) is 11.1 Å². The monoisotopic (exact) mass is 255 g/mol. The lowest BCUT2D eigenvalue weighted by atomic mass is 10.1. The van der Waals surface area contributed by atoms with Crippen LogP contribution in [0.2, 0.25) is 0 Å². The van der Waals surface area contributed by atoms with Gasteiger partial charge in [0.1, 0.15) is 11.8 Å². The highest BCUT2D eigenvalue weighted by Crippen LogP contribution is 2.18. The number of hydrogen-bond acceptors (Lipinski definition) is 5. The summed E-state index contributed by atoms with van der Waals surface area (Å²) < 4.78 is 0. The first-order valence-electron chi connectivity index (χ1n) is 5.27. The van der Waals surface area contributed by atoms with E-state index in [0.29, 0.717) is 11.4 Å². The van der Waals surface area contributed by atoms with E-state index in [-0.39, 0.29) is 11.3 Å². The number of nitriles is 1. The maximum absolute atomic E-state index is 11.8. The van der Waals surface area contributed by atoms with E-state index >= 15 is 0 Å². The standard InChI is InChI=1S/C12H9N5O2/c13-6-7-5-8(14)1-2-9(7)15-12(19)10-3-4-11(18)17-16-10/h1-5H,14H2,(H,15,19)(H,17,18). The number of aromatic nitrogens is 2. The largest absolute Gasteiger partial charge is 0.399 e. The van der Waals surface area contributed by atoms with Gasteiger partial charge >= 0.3 is 0 Å². The molecule has 0 bridgehead atoms. The van der Waals surface area contributed by atoms with Crippen molar-refractivity contribution < 1.29 is 4.79 Å². The van der Waals surface area contributed by atoms with E-state index in [2.05, 4.69) is 15.5 Å². The minimum absolute atomic E-state index is 0.0420. The number of carbonyl (C=O) groups is 1. The van der Waals surface area contributed by atoms with Crippen molar-refractivity contribution in [3.8, 4) is 6.07 Å². The minimum Gasteiger partial charge on any atom is -0.399 e. The first kappa shape index (κ1) is 12.3. The molecular formula is C12H9N5O2. The molecule has 94 valence electrons. The summed E-state index contributed by atoms with van der Waals surface area (Å²) in [5.41, 5.74) is 6.19. The molecule has 1 amide bonds. The molecule has 0 atom stereocenters. The lowest BCUT2D eigenvalue weighted by Crippen LogP contribution is -2.18. The Hall–Kier alpha value is -3.14. The van der Waals surface area contributed by atoms with Gasteiger partial charge in [-0.25, -0.2) is 5.10 Å². The van der Waals surface area contributed by atoms with E-state index in [4.69, 9.17) is 11.0 Å². The summed E-state index contributed by atoms with van der Waals surface area (Å²) in [6.45, 7) is 0. The molecule has 0 radical (unpaired) electrons. The van der Waals surface area contributed by atoms with E-state index in [0.717, 1.165) is 0 Å². The molecule has 1 aromatic carbocycles. The van der Waals surface area contributed by atoms with Gasteiger partial charge in [0.15, 0.2) is 0 Å². The van der Waals surface area contributed by atoms with Crippen molar-refractivity contribution in [1.82, 2.24) is 10.2 Å². The van der Waals surface area contributed by atoms with Crippen LogP contribution in [-0.4, -0.2) is 16.1 Å². The number of H-pyrrole nitrogens is 1. The van der Waals surface area contributed by atoms with Crippen LogP contribution in [0.25, 0.3) is 0 Å². The van der Waals surface area contributed by atoms with E-state index in [9.17, 15) is 9.59 Å². The Kier molecular flexibility index (Phi) is 3.25. The van der Waals surface area contributed by atoms with E-state index in [1.165, 1.54) is 24.3 Å². The first-order valence-corrected chi connectivity index (χ1v) is 5.27. The van der Waals surface area contributed by atoms with Crippen LogP contribution in [-0.2, 0) is 0 Å². The molecule has 0 saturated heterocycles. The number of benzene rings is 1. The van der Waals surface area contributed by atoms with E-state index < -0.39 is 11.5 Å². The molecule has 1 aromatic heterocycles. The molecule has 0 spiro atoms. The summed E-state index contributed by atoms with van der Waals surface area (Å²) in [6, 6.07) is 8.95. The number of rotatable bonds is 2. The molecule has 1 heterocycles. The molecule has 19 heavy (non-hydrogen) atoms. The zero-order chi connectivity index (χ0) is 13.8. The highest BCUT2D eigenvalue weighted by Gasteiger charge is 2.10. The number of aromatic amines is 1. The van der Waals surface area contributed by atoms with Crippen molar-refractivity contribution in [3.05, 3.63) is 51.9 Å². The number of hydrogen-bond donors (Lipinski definition) is 3. The fourth-order valence-corrected chi connectivity index (χ4v) is 1.42. The second-order valence-electron chi connectivity index (χ2n) is 3.68. The highest BCUT2D eigenvalue weighted by molar-refractivity contribution is 6.03. The molecule has 4 N–H and O–H groups in total. The normalized spacial score (nSPS) is 9.63. The summed E-state index contributed by atoms with van der Waals surface area (Å²) in [7, 11) is 0. The van der Waals surface area contributed by atoms with Crippen LogP contribution in [0.5, 0.6) is 0 Å². The average molecular weight is 255 g/mol. The molecular weight excluding hydrogens is 246 g/mol. The molecule has 0 aliphatic carbocycles. The number of anilines is 2. The second kappa shape index (κ2) is 5.01. The molecule has 7 heteroatoms. The van der Waals surface area contributed by atoms with Gasteiger partial charge < -0.3 is 11.1 Å². The Labute approximate surface area is 107 Å². The van der Waals surface area contributed by atoms with Gasteiger partial charge in [-0.05, 0) is 24.3 Å². The average Bonchev–Trinajstić information content (AvgIpc) is 2.41. The van der Waals surface area contributed by atoms with Crippen molar-refractivity contribution in [2.24, 2.45) is 0 Å². The first-order chi connectivity index (χ1) is 9.10. The third-order valence-electron chi connectivity index (χ3n) is 2.32. The van der Waals surface area contributed by atoms with Crippen molar-refractivity contribution in [3.63, 3.8) is 0 Å². The second-order valence-corrected chi connectivity index (χ2v) is 3.68. The third-order valence-corrected chi connectivity index (χ3v) is 2.32. The SMILES string of the molecule is N#Cc1cc(N)ccc1NC(=O)c1ccc(=O)[nH]n1. The van der Waals surface area contributed by atoms with Gasteiger partial charge in [-0.1, -0.05) is 0 Å². The molecule has 0 aliphatic rings. The zero-order valence-electron chi connectivity index (χ0n) is 9.68. The van der Waals surface area contributed by atoms with Gasteiger partial charge in [-0.3, -0.25) is 9.59 Å². The summed E-state index contributed by atoms with van der Waals surface area (Å²) in [5.74, 6) is -0.530. The Bertz CT molecular complexity index is 709. The number of nitrogen functional groups attached to an aromatic ring is 1. The molecule has 2 rings (SSSR count). The van der Waals surface area contributed by atoms with Crippen molar-refractivity contribution >= 4 is 17.3 Å². The van der Waals surface area contributed by atoms with Gasteiger partial charge in [0.2, 0.25) is 0 Å². The molecule has 0 unspecified atom stereocenters.